The number of hydrogen-bond acceptors (Lipinski definition) is 2. The highest BCUT2D eigenvalue weighted by Crippen LogP contribution is 2.18. The Bertz CT molecular complexity index is 458. The molecule has 2 atom stereocenters. The van der Waals surface area contributed by atoms with Crippen molar-refractivity contribution in [3.8, 4) is 0 Å². The molecule has 3 nitrogen and oxygen atoms in total. The van der Waals surface area contributed by atoms with Crippen LogP contribution < -0.4 is 5.32 Å². The van der Waals surface area contributed by atoms with Crippen LogP contribution in [0, 0.1) is 0 Å². The van der Waals surface area contributed by atoms with Gasteiger partial charge in [0.2, 0.25) is 5.91 Å². The van der Waals surface area contributed by atoms with Gasteiger partial charge in [-0.25, -0.2) is 0 Å². The molecule has 0 bridgehead atoms. The van der Waals surface area contributed by atoms with Gasteiger partial charge in [-0.1, -0.05) is 23.7 Å². The quantitative estimate of drug-likeness (QED) is 0.923. The molecule has 110 valence electrons. The van der Waals surface area contributed by atoms with Gasteiger partial charge in [-0.3, -0.25) is 10.1 Å². The lowest BCUT2D eigenvalue weighted by Crippen LogP contribution is -2.47. The Morgan fingerprint density at radius 3 is 2.60 bits per heavy atom. The van der Waals surface area contributed by atoms with E-state index in [4.69, 9.17) is 11.6 Å². The van der Waals surface area contributed by atoms with Gasteiger partial charge in [0.05, 0.1) is 6.04 Å². The van der Waals surface area contributed by atoms with Crippen LogP contribution in [0.4, 0.5) is 0 Å². The lowest BCUT2D eigenvalue weighted by atomic mass is 10.1. The molecule has 0 saturated carbocycles. The molecule has 20 heavy (non-hydrogen) atoms. The van der Waals surface area contributed by atoms with Gasteiger partial charge < -0.3 is 4.90 Å². The van der Waals surface area contributed by atoms with E-state index in [-0.39, 0.29) is 18.0 Å². The van der Waals surface area contributed by atoms with Gasteiger partial charge in [-0.15, -0.1) is 0 Å². The molecule has 1 aromatic rings. The fraction of sp³-hybridized carbons (Fsp3) is 0.562. The molecule has 1 aliphatic rings. The molecule has 1 heterocycles. The lowest BCUT2D eigenvalue weighted by Gasteiger charge is -2.30. The Labute approximate surface area is 126 Å². The number of piperidine rings is 1. The molecule has 2 rings (SSSR count). The number of halogens is 1. The first kappa shape index (κ1) is 15.3. The van der Waals surface area contributed by atoms with Crippen LogP contribution in [0.1, 0.15) is 44.7 Å². The Morgan fingerprint density at radius 1 is 1.25 bits per heavy atom. The predicted octanol–water partition coefficient (Wildman–Crippen LogP) is 3.39. The van der Waals surface area contributed by atoms with Crippen molar-refractivity contribution in [2.45, 2.75) is 45.2 Å². The number of carbonyl (C=O) groups excluding carboxylic acids is 1. The average Bonchev–Trinajstić information content (AvgIpc) is 2.47. The number of hydrogen-bond donors (Lipinski definition) is 1. The minimum absolute atomic E-state index is 0.109. The summed E-state index contributed by atoms with van der Waals surface area (Å²) in [6, 6.07) is 7.71. The molecule has 0 radical (unpaired) electrons. The van der Waals surface area contributed by atoms with Gasteiger partial charge in [0.1, 0.15) is 0 Å². The van der Waals surface area contributed by atoms with Crippen LogP contribution in [-0.4, -0.2) is 29.9 Å². The van der Waals surface area contributed by atoms with Crippen molar-refractivity contribution in [2.24, 2.45) is 0 Å². The van der Waals surface area contributed by atoms with Crippen LogP contribution in [0.15, 0.2) is 24.3 Å². The van der Waals surface area contributed by atoms with Crippen molar-refractivity contribution in [3.05, 3.63) is 34.9 Å². The number of likely N-dealkylation sites (tertiary alicyclic amines) is 1. The van der Waals surface area contributed by atoms with Crippen molar-refractivity contribution in [2.75, 3.05) is 13.1 Å². The maximum absolute atomic E-state index is 12.4. The van der Waals surface area contributed by atoms with Crippen molar-refractivity contribution in [1.29, 1.82) is 0 Å². The Kier molecular flexibility index (Phi) is 5.44. The zero-order valence-corrected chi connectivity index (χ0v) is 13.0. The van der Waals surface area contributed by atoms with E-state index >= 15 is 0 Å². The SMILES string of the molecule is CC(N[C@@H](C)c1cccc(Cl)c1)C(=O)N1CCCCC1. The van der Waals surface area contributed by atoms with Crippen LogP contribution in [0.2, 0.25) is 5.02 Å². The van der Waals surface area contributed by atoms with Crippen molar-refractivity contribution in [1.82, 2.24) is 10.2 Å². The predicted molar refractivity (Wildman–Crippen MR) is 82.9 cm³/mol. The number of rotatable bonds is 4. The highest BCUT2D eigenvalue weighted by molar-refractivity contribution is 6.30. The second kappa shape index (κ2) is 7.09. The summed E-state index contributed by atoms with van der Waals surface area (Å²) in [5.41, 5.74) is 1.11. The fourth-order valence-corrected chi connectivity index (χ4v) is 2.91. The third-order valence-electron chi connectivity index (χ3n) is 3.89. The van der Waals surface area contributed by atoms with Crippen LogP contribution in [-0.2, 0) is 4.79 Å². The first-order valence-corrected chi connectivity index (χ1v) is 7.76. The second-order valence-corrected chi connectivity index (χ2v) is 5.99. The van der Waals surface area contributed by atoms with E-state index in [1.165, 1.54) is 6.42 Å². The topological polar surface area (TPSA) is 32.3 Å². The number of amides is 1. The first-order valence-electron chi connectivity index (χ1n) is 7.38. The second-order valence-electron chi connectivity index (χ2n) is 5.55. The Hall–Kier alpha value is -1.06. The van der Waals surface area contributed by atoms with Crippen LogP contribution in [0.5, 0.6) is 0 Å². The van der Waals surface area contributed by atoms with Gasteiger partial charge in [0.15, 0.2) is 0 Å². The van der Waals surface area contributed by atoms with Crippen molar-refractivity contribution >= 4 is 17.5 Å². The molecule has 1 N–H and O–H groups in total. The van der Waals surface area contributed by atoms with Gasteiger partial charge in [0, 0.05) is 24.2 Å². The van der Waals surface area contributed by atoms with E-state index in [1.54, 1.807) is 0 Å². The Morgan fingerprint density at radius 2 is 1.95 bits per heavy atom. The number of nitrogens with zero attached hydrogens (tertiary/aromatic N) is 1. The summed E-state index contributed by atoms with van der Waals surface area (Å²) in [7, 11) is 0. The van der Waals surface area contributed by atoms with Crippen LogP contribution in [0.25, 0.3) is 0 Å². The zero-order valence-electron chi connectivity index (χ0n) is 12.2. The maximum Gasteiger partial charge on any atom is 0.239 e. The van der Waals surface area contributed by atoms with E-state index in [9.17, 15) is 4.79 Å². The summed E-state index contributed by atoms with van der Waals surface area (Å²) >= 11 is 6.01. The molecule has 1 aliphatic heterocycles. The molecule has 0 aliphatic carbocycles. The lowest BCUT2D eigenvalue weighted by molar-refractivity contribution is -0.134. The molecular formula is C16H23ClN2O. The minimum atomic E-state index is -0.165. The number of nitrogens with one attached hydrogen (secondary N) is 1. The molecule has 0 spiro atoms. The number of carbonyl (C=O) groups is 1. The summed E-state index contributed by atoms with van der Waals surface area (Å²) in [4.78, 5) is 14.3. The van der Waals surface area contributed by atoms with Crippen LogP contribution in [0.3, 0.4) is 0 Å². The van der Waals surface area contributed by atoms with Gasteiger partial charge in [-0.05, 0) is 50.8 Å². The van der Waals surface area contributed by atoms with Crippen molar-refractivity contribution < 1.29 is 4.79 Å². The zero-order chi connectivity index (χ0) is 14.5. The maximum atomic E-state index is 12.4. The minimum Gasteiger partial charge on any atom is -0.341 e. The van der Waals surface area contributed by atoms with E-state index in [0.29, 0.717) is 0 Å². The van der Waals surface area contributed by atoms with E-state index in [1.807, 2.05) is 36.1 Å². The molecule has 4 heteroatoms. The highest BCUT2D eigenvalue weighted by Gasteiger charge is 2.23. The van der Waals surface area contributed by atoms with Gasteiger partial charge in [-0.2, -0.15) is 0 Å². The largest absolute Gasteiger partial charge is 0.341 e. The molecule has 1 amide bonds. The fourth-order valence-electron chi connectivity index (χ4n) is 2.71. The third kappa shape index (κ3) is 3.97. The smallest absolute Gasteiger partial charge is 0.239 e. The van der Waals surface area contributed by atoms with Gasteiger partial charge in [0.25, 0.3) is 0 Å². The molecular weight excluding hydrogens is 272 g/mol. The summed E-state index contributed by atoms with van der Waals surface area (Å²) < 4.78 is 0. The molecule has 1 saturated heterocycles. The summed E-state index contributed by atoms with van der Waals surface area (Å²) in [6.07, 6.45) is 3.50. The summed E-state index contributed by atoms with van der Waals surface area (Å²) in [5, 5.41) is 4.10. The summed E-state index contributed by atoms with van der Waals surface area (Å²) in [5.74, 6) is 0.207. The standard InChI is InChI=1S/C16H23ClN2O/c1-12(14-7-6-8-15(17)11-14)18-13(2)16(20)19-9-4-3-5-10-19/h6-8,11-13,18H,3-5,9-10H2,1-2H3/t12-,13?/m0/s1. The number of benzene rings is 1. The Balaban J connectivity index is 1.92. The third-order valence-corrected chi connectivity index (χ3v) is 4.12. The first-order chi connectivity index (χ1) is 9.58. The molecule has 1 unspecified atom stereocenters. The van der Waals surface area contributed by atoms with E-state index in [0.717, 1.165) is 36.5 Å². The van der Waals surface area contributed by atoms with Gasteiger partial charge >= 0.3 is 0 Å². The molecule has 0 aromatic heterocycles. The van der Waals surface area contributed by atoms with E-state index in [2.05, 4.69) is 12.2 Å². The monoisotopic (exact) mass is 294 g/mol. The highest BCUT2D eigenvalue weighted by atomic mass is 35.5. The molecule has 1 fully saturated rings. The van der Waals surface area contributed by atoms with Crippen molar-refractivity contribution in [3.63, 3.8) is 0 Å². The van der Waals surface area contributed by atoms with Crippen LogP contribution >= 0.6 is 11.6 Å². The molecule has 1 aromatic carbocycles. The van der Waals surface area contributed by atoms with E-state index < -0.39 is 0 Å². The normalized spacial score (nSPS) is 18.6. The summed E-state index contributed by atoms with van der Waals surface area (Å²) in [6.45, 7) is 5.80. The average molecular weight is 295 g/mol.